The van der Waals surface area contributed by atoms with Gasteiger partial charge in [-0.15, -0.1) is 0 Å². The second-order valence-corrected chi connectivity index (χ2v) is 5.95. The molecule has 0 spiro atoms. The van der Waals surface area contributed by atoms with E-state index >= 15 is 0 Å². The van der Waals surface area contributed by atoms with E-state index in [1.165, 1.54) is 18.3 Å². The molecule has 6 heteroatoms. The number of ether oxygens (including phenoxy) is 1. The average molecular weight is 306 g/mol. The average Bonchev–Trinajstić information content (AvgIpc) is 2.95. The summed E-state index contributed by atoms with van der Waals surface area (Å²) >= 11 is 0. The Labute approximate surface area is 130 Å². The predicted molar refractivity (Wildman–Crippen MR) is 80.9 cm³/mol. The van der Waals surface area contributed by atoms with Crippen molar-refractivity contribution in [2.45, 2.75) is 32.8 Å². The van der Waals surface area contributed by atoms with Crippen molar-refractivity contribution in [2.24, 2.45) is 5.92 Å². The fourth-order valence-electron chi connectivity index (χ4n) is 2.36. The summed E-state index contributed by atoms with van der Waals surface area (Å²) in [6, 6.07) is 2.69. The fourth-order valence-corrected chi connectivity index (χ4v) is 2.36. The van der Waals surface area contributed by atoms with Crippen molar-refractivity contribution in [1.82, 2.24) is 9.88 Å². The molecule has 1 atom stereocenters. The number of carbonyl (C=O) groups excluding carboxylic acids is 1. The molecule has 0 aromatic carbocycles. The van der Waals surface area contributed by atoms with Gasteiger partial charge < -0.3 is 14.7 Å². The molecule has 1 aromatic heterocycles. The lowest BCUT2D eigenvalue weighted by Crippen LogP contribution is -2.31. The SMILES string of the molecule is CC(C)CCOC1CCN(C(=O)c2cc(C(=O)O)ccn2)C1. The first-order valence-corrected chi connectivity index (χ1v) is 7.57. The molecule has 1 saturated heterocycles. The number of amides is 1. The van der Waals surface area contributed by atoms with Crippen molar-refractivity contribution in [3.05, 3.63) is 29.6 Å². The van der Waals surface area contributed by atoms with E-state index in [4.69, 9.17) is 9.84 Å². The maximum atomic E-state index is 12.4. The number of nitrogens with zero attached hydrogens (tertiary/aromatic N) is 2. The molecule has 1 fully saturated rings. The molecule has 1 amide bonds. The van der Waals surface area contributed by atoms with Gasteiger partial charge in [-0.1, -0.05) is 13.8 Å². The van der Waals surface area contributed by atoms with Crippen LogP contribution in [-0.4, -0.2) is 52.7 Å². The molecule has 1 aromatic rings. The third-order valence-electron chi connectivity index (χ3n) is 3.71. The van der Waals surface area contributed by atoms with Crippen LogP contribution in [0, 0.1) is 5.92 Å². The second kappa shape index (κ2) is 7.35. The number of aromatic carboxylic acids is 1. The Hall–Kier alpha value is -1.95. The van der Waals surface area contributed by atoms with Crippen LogP contribution in [0.1, 0.15) is 47.5 Å². The summed E-state index contributed by atoms with van der Waals surface area (Å²) in [5.41, 5.74) is 0.241. The highest BCUT2D eigenvalue weighted by Gasteiger charge is 2.28. The van der Waals surface area contributed by atoms with Crippen molar-refractivity contribution in [3.63, 3.8) is 0 Å². The van der Waals surface area contributed by atoms with Crippen LogP contribution in [0.3, 0.4) is 0 Å². The van der Waals surface area contributed by atoms with E-state index in [0.717, 1.165) is 12.8 Å². The van der Waals surface area contributed by atoms with Crippen molar-refractivity contribution in [3.8, 4) is 0 Å². The number of pyridine rings is 1. The predicted octanol–water partition coefficient (Wildman–Crippen LogP) is 2.06. The van der Waals surface area contributed by atoms with Crippen LogP contribution in [0.4, 0.5) is 0 Å². The summed E-state index contributed by atoms with van der Waals surface area (Å²) < 4.78 is 5.78. The van der Waals surface area contributed by atoms with Gasteiger partial charge in [0.15, 0.2) is 0 Å². The zero-order chi connectivity index (χ0) is 16.1. The zero-order valence-corrected chi connectivity index (χ0v) is 13.0. The van der Waals surface area contributed by atoms with E-state index in [1.54, 1.807) is 4.90 Å². The Kier molecular flexibility index (Phi) is 5.49. The quantitative estimate of drug-likeness (QED) is 0.870. The second-order valence-electron chi connectivity index (χ2n) is 5.95. The Bertz CT molecular complexity index is 545. The molecule has 2 heterocycles. The highest BCUT2D eigenvalue weighted by molar-refractivity contribution is 5.95. The molecule has 1 aliphatic heterocycles. The van der Waals surface area contributed by atoms with E-state index in [-0.39, 0.29) is 23.3 Å². The van der Waals surface area contributed by atoms with Gasteiger partial charge in [-0.05, 0) is 30.9 Å². The van der Waals surface area contributed by atoms with Gasteiger partial charge in [0.05, 0.1) is 11.7 Å². The minimum atomic E-state index is -1.06. The van der Waals surface area contributed by atoms with Gasteiger partial charge in [0.25, 0.3) is 5.91 Å². The molecule has 0 radical (unpaired) electrons. The van der Waals surface area contributed by atoms with Crippen LogP contribution in [0.25, 0.3) is 0 Å². The Balaban J connectivity index is 1.91. The van der Waals surface area contributed by atoms with Crippen LogP contribution in [0.2, 0.25) is 0 Å². The number of aromatic nitrogens is 1. The molecular formula is C16H22N2O4. The van der Waals surface area contributed by atoms with Gasteiger partial charge in [0.2, 0.25) is 0 Å². The topological polar surface area (TPSA) is 79.7 Å². The maximum absolute atomic E-state index is 12.4. The van der Waals surface area contributed by atoms with E-state index in [9.17, 15) is 9.59 Å². The molecule has 0 bridgehead atoms. The number of carboxylic acids is 1. The monoisotopic (exact) mass is 306 g/mol. The van der Waals surface area contributed by atoms with Crippen LogP contribution in [0.15, 0.2) is 18.3 Å². The van der Waals surface area contributed by atoms with Crippen molar-refractivity contribution in [2.75, 3.05) is 19.7 Å². The van der Waals surface area contributed by atoms with Gasteiger partial charge >= 0.3 is 5.97 Å². The van der Waals surface area contributed by atoms with Gasteiger partial charge in [0.1, 0.15) is 5.69 Å². The van der Waals surface area contributed by atoms with Crippen LogP contribution < -0.4 is 0 Å². The Morgan fingerprint density at radius 2 is 2.27 bits per heavy atom. The smallest absolute Gasteiger partial charge is 0.335 e. The Morgan fingerprint density at radius 3 is 2.95 bits per heavy atom. The highest BCUT2D eigenvalue weighted by atomic mass is 16.5. The lowest BCUT2D eigenvalue weighted by Gasteiger charge is -2.16. The summed E-state index contributed by atoms with van der Waals surface area (Å²) in [6.07, 6.45) is 3.23. The largest absolute Gasteiger partial charge is 0.478 e. The normalized spacial score (nSPS) is 18.0. The summed E-state index contributed by atoms with van der Waals surface area (Å²) in [4.78, 5) is 29.0. The van der Waals surface area contributed by atoms with Crippen LogP contribution >= 0.6 is 0 Å². The van der Waals surface area contributed by atoms with Crippen LogP contribution in [-0.2, 0) is 4.74 Å². The fraction of sp³-hybridized carbons (Fsp3) is 0.562. The molecule has 120 valence electrons. The number of rotatable bonds is 6. The first kappa shape index (κ1) is 16.4. The maximum Gasteiger partial charge on any atom is 0.335 e. The molecule has 22 heavy (non-hydrogen) atoms. The van der Waals surface area contributed by atoms with Crippen molar-refractivity contribution < 1.29 is 19.4 Å². The van der Waals surface area contributed by atoms with Gasteiger partial charge in [-0.3, -0.25) is 9.78 Å². The van der Waals surface area contributed by atoms with E-state index < -0.39 is 5.97 Å². The molecule has 1 N–H and O–H groups in total. The number of hydrogen-bond acceptors (Lipinski definition) is 4. The molecule has 0 aliphatic carbocycles. The van der Waals surface area contributed by atoms with E-state index in [0.29, 0.717) is 25.6 Å². The molecule has 1 aliphatic rings. The number of likely N-dealkylation sites (tertiary alicyclic amines) is 1. The molecular weight excluding hydrogens is 284 g/mol. The van der Waals surface area contributed by atoms with Crippen molar-refractivity contribution >= 4 is 11.9 Å². The molecule has 6 nitrogen and oxygen atoms in total. The van der Waals surface area contributed by atoms with Gasteiger partial charge in [-0.2, -0.15) is 0 Å². The number of carboxylic acid groups (broad SMARTS) is 1. The van der Waals surface area contributed by atoms with Gasteiger partial charge in [0, 0.05) is 25.9 Å². The summed E-state index contributed by atoms with van der Waals surface area (Å²) in [6.45, 7) is 6.15. The van der Waals surface area contributed by atoms with E-state index in [1.807, 2.05) is 0 Å². The van der Waals surface area contributed by atoms with Gasteiger partial charge in [-0.25, -0.2) is 4.79 Å². The minimum Gasteiger partial charge on any atom is -0.478 e. The molecule has 0 saturated carbocycles. The molecule has 1 unspecified atom stereocenters. The number of carbonyl (C=O) groups is 2. The van der Waals surface area contributed by atoms with Crippen LogP contribution in [0.5, 0.6) is 0 Å². The molecule has 2 rings (SSSR count). The number of hydrogen-bond donors (Lipinski definition) is 1. The summed E-state index contributed by atoms with van der Waals surface area (Å²) in [5.74, 6) is -0.701. The third kappa shape index (κ3) is 4.27. The highest BCUT2D eigenvalue weighted by Crippen LogP contribution is 2.16. The zero-order valence-electron chi connectivity index (χ0n) is 13.0. The first-order valence-electron chi connectivity index (χ1n) is 7.57. The Morgan fingerprint density at radius 1 is 1.50 bits per heavy atom. The van der Waals surface area contributed by atoms with E-state index in [2.05, 4.69) is 18.8 Å². The standard InChI is InChI=1S/C16H22N2O4/c1-11(2)5-8-22-13-4-7-18(10-13)15(19)14-9-12(16(20)21)3-6-17-14/h3,6,9,11,13H,4-5,7-8,10H2,1-2H3,(H,20,21). The lowest BCUT2D eigenvalue weighted by molar-refractivity contribution is 0.0482. The lowest BCUT2D eigenvalue weighted by atomic mass is 10.1. The summed E-state index contributed by atoms with van der Waals surface area (Å²) in [5, 5.41) is 8.97. The summed E-state index contributed by atoms with van der Waals surface area (Å²) in [7, 11) is 0. The minimum absolute atomic E-state index is 0.0605. The van der Waals surface area contributed by atoms with Crippen molar-refractivity contribution in [1.29, 1.82) is 0 Å². The third-order valence-corrected chi connectivity index (χ3v) is 3.71. The first-order chi connectivity index (χ1) is 10.5.